The summed E-state index contributed by atoms with van der Waals surface area (Å²) in [5.74, 6) is 0.839. The maximum Gasteiger partial charge on any atom is 0.146 e. The number of benzene rings is 1. The predicted octanol–water partition coefficient (Wildman–Crippen LogP) is 1.87. The quantitative estimate of drug-likeness (QED) is 0.800. The molecule has 3 nitrogen and oxygen atoms in total. The minimum Gasteiger partial charge on any atom is -0.497 e. The van der Waals surface area contributed by atoms with Gasteiger partial charge in [0.25, 0.3) is 0 Å². The van der Waals surface area contributed by atoms with Crippen molar-refractivity contribution in [3.63, 3.8) is 0 Å². The number of aliphatic hydroxyl groups excluding tert-OH is 1. The van der Waals surface area contributed by atoms with Crippen molar-refractivity contribution in [2.45, 2.75) is 13.2 Å². The first-order valence-corrected chi connectivity index (χ1v) is 5.07. The number of likely N-dealkylation sites (N-methyl/N-ethyl adjacent to an activating group) is 1. The van der Waals surface area contributed by atoms with E-state index in [2.05, 4.69) is 0 Å². The number of methoxy groups -OCH3 is 1. The lowest BCUT2D eigenvalue weighted by Gasteiger charge is -2.31. The van der Waals surface area contributed by atoms with Crippen LogP contribution < -0.4 is 9.64 Å². The second-order valence-electron chi connectivity index (χ2n) is 3.48. The first-order valence-electron chi connectivity index (χ1n) is 5.07. The van der Waals surface area contributed by atoms with Crippen LogP contribution >= 0.6 is 0 Å². The molecule has 1 N–H and O–H groups in total. The van der Waals surface area contributed by atoms with Gasteiger partial charge in [0.2, 0.25) is 0 Å². The summed E-state index contributed by atoms with van der Waals surface area (Å²) < 4.78 is 5.16. The van der Waals surface area contributed by atoms with Crippen molar-refractivity contribution < 1.29 is 9.84 Å². The first-order chi connectivity index (χ1) is 7.26. The van der Waals surface area contributed by atoms with Gasteiger partial charge in [0.1, 0.15) is 12.0 Å². The van der Waals surface area contributed by atoms with E-state index in [9.17, 15) is 5.11 Å². The second-order valence-corrected chi connectivity index (χ2v) is 3.48. The Labute approximate surface area is 89.6 Å². The topological polar surface area (TPSA) is 32.7 Å². The number of hydrogen-bond donors (Lipinski definition) is 1. The first kappa shape index (κ1) is 10.1. The van der Waals surface area contributed by atoms with Gasteiger partial charge in [-0.1, -0.05) is 6.08 Å². The van der Waals surface area contributed by atoms with Crippen molar-refractivity contribution in [3.05, 3.63) is 29.8 Å². The minimum atomic E-state index is -0.518. The van der Waals surface area contributed by atoms with Gasteiger partial charge in [0, 0.05) is 17.8 Å². The zero-order chi connectivity index (χ0) is 10.8. The Kier molecular flexibility index (Phi) is 2.64. The molecule has 0 bridgehead atoms. The molecule has 80 valence electrons. The Morgan fingerprint density at radius 2 is 2.27 bits per heavy atom. The smallest absolute Gasteiger partial charge is 0.146 e. The average molecular weight is 205 g/mol. The number of fused-ring (bicyclic) bond motifs is 1. The molecule has 0 amide bonds. The third-order valence-corrected chi connectivity index (χ3v) is 2.65. The van der Waals surface area contributed by atoms with E-state index < -0.39 is 6.23 Å². The summed E-state index contributed by atoms with van der Waals surface area (Å²) in [6, 6.07) is 5.86. The second kappa shape index (κ2) is 3.95. The van der Waals surface area contributed by atoms with E-state index >= 15 is 0 Å². The number of ether oxygens (including phenoxy) is 1. The normalized spacial score (nSPS) is 18.9. The summed E-state index contributed by atoms with van der Waals surface area (Å²) in [6.45, 7) is 2.81. The van der Waals surface area contributed by atoms with Gasteiger partial charge in [0.05, 0.1) is 7.11 Å². The molecule has 0 radical (unpaired) electrons. The summed E-state index contributed by atoms with van der Waals surface area (Å²) in [7, 11) is 1.65. The third-order valence-electron chi connectivity index (χ3n) is 2.65. The van der Waals surface area contributed by atoms with E-state index in [-0.39, 0.29) is 0 Å². The minimum absolute atomic E-state index is 0.518. The van der Waals surface area contributed by atoms with Gasteiger partial charge < -0.3 is 14.7 Å². The standard InChI is InChI=1S/C12H15NO2/c1-3-13-11-6-5-10(15-2)8-9(11)4-7-12(13)14/h4-8,12,14H,3H2,1-2H3. The molecule has 1 aliphatic heterocycles. The highest BCUT2D eigenvalue weighted by atomic mass is 16.5. The molecular weight excluding hydrogens is 190 g/mol. The highest BCUT2D eigenvalue weighted by molar-refractivity contribution is 5.73. The molecule has 0 aliphatic carbocycles. The van der Waals surface area contributed by atoms with E-state index in [0.717, 1.165) is 23.5 Å². The van der Waals surface area contributed by atoms with Crippen LogP contribution in [0.15, 0.2) is 24.3 Å². The van der Waals surface area contributed by atoms with E-state index in [1.807, 2.05) is 36.1 Å². The van der Waals surface area contributed by atoms with Crippen LogP contribution in [0.4, 0.5) is 5.69 Å². The number of nitrogens with zero attached hydrogens (tertiary/aromatic N) is 1. The zero-order valence-corrected chi connectivity index (χ0v) is 8.97. The van der Waals surface area contributed by atoms with Crippen LogP contribution in [-0.2, 0) is 0 Å². The molecule has 0 aromatic heterocycles. The van der Waals surface area contributed by atoms with Crippen LogP contribution in [0, 0.1) is 0 Å². The third kappa shape index (κ3) is 1.70. The Morgan fingerprint density at radius 3 is 2.93 bits per heavy atom. The van der Waals surface area contributed by atoms with Gasteiger partial charge in [-0.3, -0.25) is 0 Å². The highest BCUT2D eigenvalue weighted by Crippen LogP contribution is 2.30. The van der Waals surface area contributed by atoms with Crippen LogP contribution in [0.5, 0.6) is 5.75 Å². The Morgan fingerprint density at radius 1 is 1.47 bits per heavy atom. The molecule has 1 atom stereocenters. The van der Waals surface area contributed by atoms with Crippen LogP contribution in [0.25, 0.3) is 6.08 Å². The molecule has 1 heterocycles. The molecule has 1 aliphatic rings. The van der Waals surface area contributed by atoms with E-state index in [0.29, 0.717) is 0 Å². The van der Waals surface area contributed by atoms with Crippen LogP contribution in [0.2, 0.25) is 0 Å². The maximum absolute atomic E-state index is 9.75. The van der Waals surface area contributed by atoms with Crippen molar-refractivity contribution in [2.75, 3.05) is 18.6 Å². The van der Waals surface area contributed by atoms with Gasteiger partial charge in [-0.2, -0.15) is 0 Å². The Bertz CT molecular complexity index is 387. The monoisotopic (exact) mass is 205 g/mol. The van der Waals surface area contributed by atoms with Crippen molar-refractivity contribution in [1.29, 1.82) is 0 Å². The lowest BCUT2D eigenvalue weighted by atomic mass is 10.1. The maximum atomic E-state index is 9.75. The Hall–Kier alpha value is -1.48. The fraction of sp³-hybridized carbons (Fsp3) is 0.333. The predicted molar refractivity (Wildman–Crippen MR) is 61.1 cm³/mol. The summed E-state index contributed by atoms with van der Waals surface area (Å²) in [6.07, 6.45) is 3.19. The summed E-state index contributed by atoms with van der Waals surface area (Å²) in [5.41, 5.74) is 2.13. The van der Waals surface area contributed by atoms with E-state index in [1.54, 1.807) is 13.2 Å². The lowest BCUT2D eigenvalue weighted by molar-refractivity contribution is 0.217. The van der Waals surface area contributed by atoms with Crippen LogP contribution in [0.3, 0.4) is 0 Å². The number of hydrogen-bond acceptors (Lipinski definition) is 3. The van der Waals surface area contributed by atoms with Crippen LogP contribution in [0.1, 0.15) is 12.5 Å². The largest absolute Gasteiger partial charge is 0.497 e. The fourth-order valence-electron chi connectivity index (χ4n) is 1.85. The molecule has 1 aromatic carbocycles. The lowest BCUT2D eigenvalue weighted by Crippen LogP contribution is -2.35. The molecule has 0 spiro atoms. The van der Waals surface area contributed by atoms with Gasteiger partial charge in [-0.05, 0) is 31.2 Å². The molecule has 3 heteroatoms. The van der Waals surface area contributed by atoms with Gasteiger partial charge >= 0.3 is 0 Å². The highest BCUT2D eigenvalue weighted by Gasteiger charge is 2.18. The summed E-state index contributed by atoms with van der Waals surface area (Å²) in [4.78, 5) is 1.94. The summed E-state index contributed by atoms with van der Waals surface area (Å²) in [5, 5.41) is 9.75. The number of aliphatic hydroxyl groups is 1. The SMILES string of the molecule is CCN1c2ccc(OC)cc2C=CC1O. The molecule has 0 fully saturated rings. The van der Waals surface area contributed by atoms with Crippen molar-refractivity contribution in [3.8, 4) is 5.75 Å². The van der Waals surface area contributed by atoms with Crippen molar-refractivity contribution in [2.24, 2.45) is 0 Å². The molecular formula is C12H15NO2. The van der Waals surface area contributed by atoms with Crippen molar-refractivity contribution in [1.82, 2.24) is 0 Å². The number of rotatable bonds is 2. The van der Waals surface area contributed by atoms with Gasteiger partial charge in [0.15, 0.2) is 0 Å². The van der Waals surface area contributed by atoms with Gasteiger partial charge in [-0.25, -0.2) is 0 Å². The van der Waals surface area contributed by atoms with Crippen LogP contribution in [-0.4, -0.2) is 25.0 Å². The number of anilines is 1. The molecule has 15 heavy (non-hydrogen) atoms. The molecule has 1 unspecified atom stereocenters. The molecule has 1 aromatic rings. The molecule has 0 saturated heterocycles. The van der Waals surface area contributed by atoms with E-state index in [4.69, 9.17) is 4.74 Å². The molecule has 0 saturated carbocycles. The summed E-state index contributed by atoms with van der Waals surface area (Å²) >= 11 is 0. The molecule has 2 rings (SSSR count). The fourth-order valence-corrected chi connectivity index (χ4v) is 1.85. The van der Waals surface area contributed by atoms with Crippen molar-refractivity contribution >= 4 is 11.8 Å². The average Bonchev–Trinajstić information content (AvgIpc) is 2.28. The van der Waals surface area contributed by atoms with Gasteiger partial charge in [-0.15, -0.1) is 0 Å². The zero-order valence-electron chi connectivity index (χ0n) is 8.97. The van der Waals surface area contributed by atoms with E-state index in [1.165, 1.54) is 0 Å². The Balaban J connectivity index is 2.44.